The van der Waals surface area contributed by atoms with E-state index in [0.717, 1.165) is 64.7 Å². The number of hydrogen-bond acceptors (Lipinski definition) is 7. The van der Waals surface area contributed by atoms with E-state index in [2.05, 4.69) is 27.4 Å². The standard InChI is InChI=1S/C22H25N3O3S/c1-4-28-22(26)16-9-11-25(12-10-16)20-19-18(13-29-21(19)24-14(2)23-20)15-5-7-17(27-3)8-6-15/h5-8,13,16H,4,9-12H2,1-3H3. The summed E-state index contributed by atoms with van der Waals surface area (Å²) in [6.07, 6.45) is 1.57. The van der Waals surface area contributed by atoms with E-state index in [4.69, 9.17) is 14.5 Å². The van der Waals surface area contributed by atoms with Crippen molar-refractivity contribution in [2.24, 2.45) is 5.92 Å². The van der Waals surface area contributed by atoms with Gasteiger partial charge >= 0.3 is 5.97 Å². The Balaban J connectivity index is 1.67. The first-order valence-corrected chi connectivity index (χ1v) is 10.8. The van der Waals surface area contributed by atoms with Crippen LogP contribution in [0.2, 0.25) is 0 Å². The largest absolute Gasteiger partial charge is 0.497 e. The number of hydrogen-bond donors (Lipinski definition) is 0. The van der Waals surface area contributed by atoms with Crippen molar-refractivity contribution in [2.45, 2.75) is 26.7 Å². The van der Waals surface area contributed by atoms with Crippen LogP contribution in [0.5, 0.6) is 5.75 Å². The zero-order valence-electron chi connectivity index (χ0n) is 17.0. The van der Waals surface area contributed by atoms with Crippen molar-refractivity contribution < 1.29 is 14.3 Å². The second-order valence-electron chi connectivity index (χ2n) is 7.17. The topological polar surface area (TPSA) is 64.5 Å². The average molecular weight is 412 g/mol. The molecule has 0 unspecified atom stereocenters. The van der Waals surface area contributed by atoms with E-state index >= 15 is 0 Å². The summed E-state index contributed by atoms with van der Waals surface area (Å²) in [7, 11) is 1.67. The number of thiophene rings is 1. The summed E-state index contributed by atoms with van der Waals surface area (Å²) in [5.41, 5.74) is 2.25. The fourth-order valence-electron chi connectivity index (χ4n) is 3.83. The highest BCUT2D eigenvalue weighted by Crippen LogP contribution is 2.39. The van der Waals surface area contributed by atoms with Crippen molar-refractivity contribution in [2.75, 3.05) is 31.7 Å². The van der Waals surface area contributed by atoms with Crippen LogP contribution in [0.1, 0.15) is 25.6 Å². The number of aryl methyl sites for hydroxylation is 1. The molecule has 0 N–H and O–H groups in total. The third-order valence-corrected chi connectivity index (χ3v) is 6.21. The van der Waals surface area contributed by atoms with Gasteiger partial charge in [-0.2, -0.15) is 0 Å². The van der Waals surface area contributed by atoms with Gasteiger partial charge in [0.15, 0.2) is 0 Å². The van der Waals surface area contributed by atoms with Crippen molar-refractivity contribution >= 4 is 33.3 Å². The fourth-order valence-corrected chi connectivity index (χ4v) is 4.81. The Morgan fingerprint density at radius 2 is 1.93 bits per heavy atom. The van der Waals surface area contributed by atoms with Gasteiger partial charge in [-0.1, -0.05) is 12.1 Å². The first kappa shape index (κ1) is 19.6. The van der Waals surface area contributed by atoms with Crippen molar-refractivity contribution in [3.63, 3.8) is 0 Å². The van der Waals surface area contributed by atoms with Gasteiger partial charge in [-0.05, 0) is 44.4 Å². The maximum absolute atomic E-state index is 12.1. The Hall–Kier alpha value is -2.67. The van der Waals surface area contributed by atoms with Crippen LogP contribution in [-0.2, 0) is 9.53 Å². The molecule has 1 fully saturated rings. The van der Waals surface area contributed by atoms with E-state index in [9.17, 15) is 4.79 Å². The van der Waals surface area contributed by atoms with Crippen LogP contribution in [0.4, 0.5) is 5.82 Å². The van der Waals surface area contributed by atoms with Gasteiger partial charge in [0.05, 0.1) is 25.0 Å². The molecule has 1 aliphatic rings. The van der Waals surface area contributed by atoms with Crippen molar-refractivity contribution in [3.05, 3.63) is 35.5 Å². The molecule has 0 spiro atoms. The number of carbonyl (C=O) groups excluding carboxylic acids is 1. The highest BCUT2D eigenvalue weighted by molar-refractivity contribution is 7.17. The number of fused-ring (bicyclic) bond motifs is 1. The molecule has 0 saturated carbocycles. The Morgan fingerprint density at radius 3 is 2.59 bits per heavy atom. The van der Waals surface area contributed by atoms with E-state index in [1.807, 2.05) is 26.0 Å². The summed E-state index contributed by atoms with van der Waals surface area (Å²) < 4.78 is 10.5. The molecular formula is C22H25N3O3S. The quantitative estimate of drug-likeness (QED) is 0.578. The molecule has 152 valence electrons. The van der Waals surface area contributed by atoms with Crippen LogP contribution < -0.4 is 9.64 Å². The zero-order valence-corrected chi connectivity index (χ0v) is 17.8. The number of aromatic nitrogens is 2. The third-order valence-electron chi connectivity index (χ3n) is 5.34. The van der Waals surface area contributed by atoms with Gasteiger partial charge in [0.1, 0.15) is 22.2 Å². The molecule has 0 atom stereocenters. The number of carbonyl (C=O) groups is 1. The lowest BCUT2D eigenvalue weighted by Gasteiger charge is -2.32. The van der Waals surface area contributed by atoms with Gasteiger partial charge in [0, 0.05) is 24.0 Å². The Morgan fingerprint density at radius 1 is 1.21 bits per heavy atom. The SMILES string of the molecule is CCOC(=O)C1CCN(c2nc(C)nc3scc(-c4ccc(OC)cc4)c23)CC1. The summed E-state index contributed by atoms with van der Waals surface area (Å²) in [6.45, 7) is 5.79. The van der Waals surface area contributed by atoms with Gasteiger partial charge in [-0.15, -0.1) is 11.3 Å². The molecule has 7 heteroatoms. The smallest absolute Gasteiger partial charge is 0.309 e. The Kier molecular flexibility index (Phi) is 5.67. The number of benzene rings is 1. The first-order valence-electron chi connectivity index (χ1n) is 9.92. The monoisotopic (exact) mass is 411 g/mol. The molecule has 1 aromatic carbocycles. The van der Waals surface area contributed by atoms with E-state index in [0.29, 0.717) is 6.61 Å². The molecule has 0 radical (unpaired) electrons. The van der Waals surface area contributed by atoms with Gasteiger partial charge in [0.25, 0.3) is 0 Å². The highest BCUT2D eigenvalue weighted by atomic mass is 32.1. The number of nitrogens with zero attached hydrogens (tertiary/aromatic N) is 3. The third kappa shape index (κ3) is 3.92. The first-order chi connectivity index (χ1) is 14.1. The molecule has 2 aromatic heterocycles. The van der Waals surface area contributed by atoms with Crippen LogP contribution >= 0.6 is 11.3 Å². The fraction of sp³-hybridized carbons (Fsp3) is 0.409. The highest BCUT2D eigenvalue weighted by Gasteiger charge is 2.28. The molecule has 29 heavy (non-hydrogen) atoms. The van der Waals surface area contributed by atoms with Crippen LogP contribution in [0.15, 0.2) is 29.6 Å². The predicted octanol–water partition coefficient (Wildman–Crippen LogP) is 4.45. The van der Waals surface area contributed by atoms with Crippen LogP contribution in [0.25, 0.3) is 21.3 Å². The maximum atomic E-state index is 12.1. The van der Waals surface area contributed by atoms with Gasteiger partial charge in [-0.3, -0.25) is 4.79 Å². The molecule has 1 aliphatic heterocycles. The molecule has 0 amide bonds. The second-order valence-corrected chi connectivity index (χ2v) is 8.02. The van der Waals surface area contributed by atoms with Gasteiger partial charge in [-0.25, -0.2) is 9.97 Å². The van der Waals surface area contributed by atoms with Crippen molar-refractivity contribution in [3.8, 4) is 16.9 Å². The minimum atomic E-state index is -0.0781. The number of ether oxygens (including phenoxy) is 2. The Bertz CT molecular complexity index is 1010. The molecule has 3 heterocycles. The summed E-state index contributed by atoms with van der Waals surface area (Å²) in [5.74, 6) is 2.46. The van der Waals surface area contributed by atoms with Crippen LogP contribution in [0, 0.1) is 12.8 Å². The van der Waals surface area contributed by atoms with Crippen LogP contribution in [-0.4, -0.2) is 42.7 Å². The number of anilines is 1. The summed E-state index contributed by atoms with van der Waals surface area (Å²) in [4.78, 5) is 24.8. The van der Waals surface area contributed by atoms with Crippen LogP contribution in [0.3, 0.4) is 0 Å². The number of piperidine rings is 1. The summed E-state index contributed by atoms with van der Waals surface area (Å²) >= 11 is 1.64. The number of rotatable bonds is 5. The molecule has 4 rings (SSSR count). The normalized spacial score (nSPS) is 14.9. The summed E-state index contributed by atoms with van der Waals surface area (Å²) in [5, 5.41) is 3.23. The van der Waals surface area contributed by atoms with E-state index in [-0.39, 0.29) is 11.9 Å². The minimum Gasteiger partial charge on any atom is -0.497 e. The van der Waals surface area contributed by atoms with E-state index in [1.165, 1.54) is 0 Å². The Labute approximate surface area is 174 Å². The summed E-state index contributed by atoms with van der Waals surface area (Å²) in [6, 6.07) is 8.07. The lowest BCUT2D eigenvalue weighted by Crippen LogP contribution is -2.37. The van der Waals surface area contributed by atoms with Crippen molar-refractivity contribution in [1.82, 2.24) is 9.97 Å². The van der Waals surface area contributed by atoms with Gasteiger partial charge < -0.3 is 14.4 Å². The molecular weight excluding hydrogens is 386 g/mol. The van der Waals surface area contributed by atoms with Gasteiger partial charge in [0.2, 0.25) is 0 Å². The lowest BCUT2D eigenvalue weighted by atomic mass is 9.96. The van der Waals surface area contributed by atoms with Crippen molar-refractivity contribution in [1.29, 1.82) is 0 Å². The minimum absolute atomic E-state index is 0.0202. The zero-order chi connectivity index (χ0) is 20.4. The molecule has 1 saturated heterocycles. The average Bonchev–Trinajstić information content (AvgIpc) is 3.17. The van der Waals surface area contributed by atoms with E-state index < -0.39 is 0 Å². The lowest BCUT2D eigenvalue weighted by molar-refractivity contribution is -0.148. The number of methoxy groups -OCH3 is 1. The number of esters is 1. The second kappa shape index (κ2) is 8.37. The predicted molar refractivity (Wildman–Crippen MR) is 116 cm³/mol. The molecule has 6 nitrogen and oxygen atoms in total. The molecule has 3 aromatic rings. The molecule has 0 bridgehead atoms. The van der Waals surface area contributed by atoms with E-state index in [1.54, 1.807) is 18.4 Å². The molecule has 0 aliphatic carbocycles. The maximum Gasteiger partial charge on any atom is 0.309 e.